The van der Waals surface area contributed by atoms with E-state index in [0.29, 0.717) is 24.4 Å². The molecule has 0 aliphatic heterocycles. The molecule has 2 rings (SSSR count). The van der Waals surface area contributed by atoms with Crippen LogP contribution in [-0.4, -0.2) is 30.1 Å². The minimum Gasteiger partial charge on any atom is -0.361 e. The molecule has 0 atom stereocenters. The molecule has 0 fully saturated rings. The maximum atomic E-state index is 11.7. The molecule has 0 radical (unpaired) electrons. The Labute approximate surface area is 105 Å². The van der Waals surface area contributed by atoms with Gasteiger partial charge in [0.05, 0.1) is 6.33 Å². The number of H-pyrrole nitrogens is 1. The van der Waals surface area contributed by atoms with Gasteiger partial charge in [-0.2, -0.15) is 0 Å². The van der Waals surface area contributed by atoms with E-state index < -0.39 is 10.0 Å². The van der Waals surface area contributed by atoms with E-state index in [9.17, 15) is 8.42 Å². The van der Waals surface area contributed by atoms with Crippen LogP contribution in [0.2, 0.25) is 0 Å². The fourth-order valence-corrected chi connectivity index (χ4v) is 2.53. The molecule has 0 aromatic carbocycles. The first kappa shape index (κ1) is 12.8. The molecule has 8 heteroatoms. The van der Waals surface area contributed by atoms with E-state index in [1.807, 2.05) is 0 Å². The second kappa shape index (κ2) is 5.32. The molecule has 0 saturated carbocycles. The van der Waals surface area contributed by atoms with E-state index in [1.54, 1.807) is 25.5 Å². The largest absolute Gasteiger partial charge is 0.361 e. The molecule has 0 saturated heterocycles. The Balaban J connectivity index is 1.84. The number of nitrogens with one attached hydrogen (secondary N) is 2. The van der Waals surface area contributed by atoms with E-state index >= 15 is 0 Å². The second-order valence-corrected chi connectivity index (χ2v) is 5.72. The molecule has 98 valence electrons. The molecule has 2 aromatic heterocycles. The summed E-state index contributed by atoms with van der Waals surface area (Å²) in [4.78, 5) is 6.76. The normalized spacial score (nSPS) is 11.8. The van der Waals surface area contributed by atoms with Crippen molar-refractivity contribution >= 4 is 10.0 Å². The third-order valence-corrected chi connectivity index (χ3v) is 3.61. The number of hydrogen-bond acceptors (Lipinski definition) is 5. The standard InChI is InChI=1S/C10H14N4O3S/c1-8-4-10(14-17-8)6-18(15,16)13-3-2-9-5-11-7-12-9/h4-5,7,13H,2-3,6H2,1H3,(H,11,12). The molecule has 0 aliphatic carbocycles. The zero-order valence-corrected chi connectivity index (χ0v) is 10.7. The smallest absolute Gasteiger partial charge is 0.217 e. The zero-order chi connectivity index (χ0) is 13.0. The maximum Gasteiger partial charge on any atom is 0.217 e. The lowest BCUT2D eigenvalue weighted by molar-refractivity contribution is 0.392. The number of aromatic amines is 1. The lowest BCUT2D eigenvalue weighted by Gasteiger charge is -2.03. The summed E-state index contributed by atoms with van der Waals surface area (Å²) in [5.41, 5.74) is 1.29. The van der Waals surface area contributed by atoms with Crippen molar-refractivity contribution in [2.24, 2.45) is 0 Å². The molecule has 0 unspecified atom stereocenters. The number of nitrogens with zero attached hydrogens (tertiary/aromatic N) is 2. The van der Waals surface area contributed by atoms with E-state index in [4.69, 9.17) is 4.52 Å². The first-order valence-electron chi connectivity index (χ1n) is 5.42. The van der Waals surface area contributed by atoms with Crippen LogP contribution in [0, 0.1) is 6.92 Å². The Morgan fingerprint density at radius 3 is 2.94 bits per heavy atom. The quantitative estimate of drug-likeness (QED) is 0.789. The van der Waals surface area contributed by atoms with Crippen molar-refractivity contribution in [3.63, 3.8) is 0 Å². The van der Waals surface area contributed by atoms with Gasteiger partial charge in [0.2, 0.25) is 10.0 Å². The number of sulfonamides is 1. The Kier molecular flexibility index (Phi) is 3.78. The van der Waals surface area contributed by atoms with Crippen LogP contribution in [-0.2, 0) is 22.2 Å². The van der Waals surface area contributed by atoms with Gasteiger partial charge in [0, 0.05) is 30.9 Å². The summed E-state index contributed by atoms with van der Waals surface area (Å²) in [5, 5.41) is 3.65. The van der Waals surface area contributed by atoms with Gasteiger partial charge in [-0.1, -0.05) is 5.16 Å². The first-order valence-corrected chi connectivity index (χ1v) is 7.07. The zero-order valence-electron chi connectivity index (χ0n) is 9.88. The van der Waals surface area contributed by atoms with E-state index in [0.717, 1.165) is 5.69 Å². The molecule has 2 heterocycles. The summed E-state index contributed by atoms with van der Waals surface area (Å²) >= 11 is 0. The van der Waals surface area contributed by atoms with E-state index in [-0.39, 0.29) is 5.75 Å². The first-order chi connectivity index (χ1) is 8.55. The van der Waals surface area contributed by atoms with Crippen LogP contribution in [0.5, 0.6) is 0 Å². The second-order valence-electron chi connectivity index (χ2n) is 3.91. The van der Waals surface area contributed by atoms with Crippen LogP contribution in [0.1, 0.15) is 17.1 Å². The predicted octanol–water partition coefficient (Wildman–Crippen LogP) is 0.368. The summed E-state index contributed by atoms with van der Waals surface area (Å²) in [6.07, 6.45) is 3.79. The third-order valence-electron chi connectivity index (χ3n) is 2.29. The molecule has 7 nitrogen and oxygen atoms in total. The number of aryl methyl sites for hydroxylation is 1. The molecule has 18 heavy (non-hydrogen) atoms. The van der Waals surface area contributed by atoms with Crippen LogP contribution < -0.4 is 4.72 Å². The average Bonchev–Trinajstić information content (AvgIpc) is 2.89. The summed E-state index contributed by atoms with van der Waals surface area (Å²) in [6, 6.07) is 1.61. The van der Waals surface area contributed by atoms with Crippen molar-refractivity contribution < 1.29 is 12.9 Å². The SMILES string of the molecule is Cc1cc(CS(=O)(=O)NCCc2cnc[nH]2)no1. The molecular formula is C10H14N4O3S. The van der Waals surface area contributed by atoms with Crippen LogP contribution in [0.4, 0.5) is 0 Å². The summed E-state index contributed by atoms with van der Waals surface area (Å²) in [5.74, 6) is 0.422. The van der Waals surface area contributed by atoms with Gasteiger partial charge in [-0.15, -0.1) is 0 Å². The Bertz CT molecular complexity index is 588. The maximum absolute atomic E-state index is 11.7. The molecule has 0 bridgehead atoms. The van der Waals surface area contributed by atoms with Gasteiger partial charge in [0.25, 0.3) is 0 Å². The highest BCUT2D eigenvalue weighted by Gasteiger charge is 2.13. The fourth-order valence-electron chi connectivity index (χ4n) is 1.49. The van der Waals surface area contributed by atoms with Crippen molar-refractivity contribution in [1.29, 1.82) is 0 Å². The van der Waals surface area contributed by atoms with Crippen molar-refractivity contribution in [1.82, 2.24) is 19.8 Å². The van der Waals surface area contributed by atoms with Gasteiger partial charge < -0.3 is 9.51 Å². The highest BCUT2D eigenvalue weighted by molar-refractivity contribution is 7.88. The number of aromatic nitrogens is 3. The Hall–Kier alpha value is -1.67. The van der Waals surface area contributed by atoms with Crippen LogP contribution in [0.15, 0.2) is 23.1 Å². The molecule has 2 aromatic rings. The molecule has 2 N–H and O–H groups in total. The van der Waals surface area contributed by atoms with Gasteiger partial charge in [-0.3, -0.25) is 0 Å². The number of imidazole rings is 1. The fraction of sp³-hybridized carbons (Fsp3) is 0.400. The van der Waals surface area contributed by atoms with Crippen LogP contribution >= 0.6 is 0 Å². The number of hydrogen-bond donors (Lipinski definition) is 2. The van der Waals surface area contributed by atoms with Gasteiger partial charge >= 0.3 is 0 Å². The van der Waals surface area contributed by atoms with Crippen molar-refractivity contribution in [3.8, 4) is 0 Å². The predicted molar refractivity (Wildman–Crippen MR) is 64.2 cm³/mol. The summed E-state index contributed by atoms with van der Waals surface area (Å²) in [6.45, 7) is 2.04. The lowest BCUT2D eigenvalue weighted by Crippen LogP contribution is -2.27. The van der Waals surface area contributed by atoms with Crippen LogP contribution in [0.3, 0.4) is 0 Å². The monoisotopic (exact) mass is 270 g/mol. The minimum absolute atomic E-state index is 0.173. The lowest BCUT2D eigenvalue weighted by atomic mass is 10.3. The minimum atomic E-state index is -3.38. The third kappa shape index (κ3) is 3.67. The highest BCUT2D eigenvalue weighted by atomic mass is 32.2. The number of rotatable bonds is 6. The Morgan fingerprint density at radius 2 is 2.33 bits per heavy atom. The molecule has 0 spiro atoms. The summed E-state index contributed by atoms with van der Waals surface area (Å²) < 4.78 is 30.8. The van der Waals surface area contributed by atoms with E-state index in [1.165, 1.54) is 0 Å². The van der Waals surface area contributed by atoms with Gasteiger partial charge in [0.1, 0.15) is 17.2 Å². The van der Waals surface area contributed by atoms with Crippen molar-refractivity contribution in [2.45, 2.75) is 19.1 Å². The van der Waals surface area contributed by atoms with Gasteiger partial charge in [-0.05, 0) is 6.92 Å². The Morgan fingerprint density at radius 1 is 1.50 bits per heavy atom. The van der Waals surface area contributed by atoms with Crippen molar-refractivity contribution in [3.05, 3.63) is 35.7 Å². The van der Waals surface area contributed by atoms with Crippen molar-refractivity contribution in [2.75, 3.05) is 6.54 Å². The highest BCUT2D eigenvalue weighted by Crippen LogP contribution is 2.05. The molecular weight excluding hydrogens is 256 g/mol. The van der Waals surface area contributed by atoms with Gasteiger partial charge in [-0.25, -0.2) is 18.1 Å². The molecule has 0 amide bonds. The van der Waals surface area contributed by atoms with E-state index in [2.05, 4.69) is 19.8 Å². The molecule has 0 aliphatic rings. The summed E-state index contributed by atoms with van der Waals surface area (Å²) in [7, 11) is -3.38. The van der Waals surface area contributed by atoms with Crippen LogP contribution in [0.25, 0.3) is 0 Å². The average molecular weight is 270 g/mol. The topological polar surface area (TPSA) is 101 Å². The van der Waals surface area contributed by atoms with Gasteiger partial charge in [0.15, 0.2) is 0 Å².